The minimum atomic E-state index is -0.697. The van der Waals surface area contributed by atoms with Crippen molar-refractivity contribution in [3.8, 4) is 0 Å². The van der Waals surface area contributed by atoms with E-state index in [-0.39, 0.29) is 24.4 Å². The molecule has 0 unspecified atom stereocenters. The number of urea groups is 1. The van der Waals surface area contributed by atoms with Crippen LogP contribution >= 0.6 is 0 Å². The number of carbonyl (C=O) groups excluding carboxylic acids is 3. The van der Waals surface area contributed by atoms with E-state index in [9.17, 15) is 19.2 Å². The number of para-hydroxylation sites is 1. The van der Waals surface area contributed by atoms with Gasteiger partial charge in [-0.25, -0.2) is 9.78 Å². The maximum atomic E-state index is 12.3. The molecule has 2 aromatic rings. The van der Waals surface area contributed by atoms with Gasteiger partial charge in [0, 0.05) is 19.5 Å². The van der Waals surface area contributed by atoms with Crippen molar-refractivity contribution in [2.45, 2.75) is 31.7 Å². The minimum Gasteiger partial charge on any atom is -0.456 e. The summed E-state index contributed by atoms with van der Waals surface area (Å²) >= 11 is 0. The van der Waals surface area contributed by atoms with Crippen molar-refractivity contribution in [3.63, 3.8) is 0 Å². The van der Waals surface area contributed by atoms with Crippen LogP contribution in [0.25, 0.3) is 10.9 Å². The van der Waals surface area contributed by atoms with Crippen molar-refractivity contribution in [3.05, 3.63) is 40.4 Å². The van der Waals surface area contributed by atoms with Gasteiger partial charge in [-0.2, -0.15) is 0 Å². The molecule has 3 amide bonds. The molecule has 2 N–H and O–H groups in total. The molecular weight excluding hydrogens is 352 g/mol. The summed E-state index contributed by atoms with van der Waals surface area (Å²) in [5.74, 6) is -0.864. The fourth-order valence-corrected chi connectivity index (χ4v) is 2.53. The minimum absolute atomic E-state index is 0.0415. The van der Waals surface area contributed by atoms with E-state index in [1.165, 1.54) is 4.57 Å². The molecule has 1 aliphatic rings. The molecule has 1 aliphatic carbocycles. The fourth-order valence-electron chi connectivity index (χ4n) is 2.53. The average Bonchev–Trinajstić information content (AvgIpc) is 3.45. The Bertz CT molecular complexity index is 948. The molecule has 0 spiro atoms. The summed E-state index contributed by atoms with van der Waals surface area (Å²) in [5.41, 5.74) is 0.370. The number of nitrogens with one attached hydrogen (secondary N) is 2. The lowest BCUT2D eigenvalue weighted by Gasteiger charge is -2.09. The van der Waals surface area contributed by atoms with Gasteiger partial charge >= 0.3 is 12.0 Å². The quantitative estimate of drug-likeness (QED) is 0.708. The van der Waals surface area contributed by atoms with Crippen molar-refractivity contribution in [1.29, 1.82) is 0 Å². The number of ether oxygens (including phenoxy) is 1. The predicted octanol–water partition coefficient (Wildman–Crippen LogP) is 0.397. The van der Waals surface area contributed by atoms with Gasteiger partial charge in [0.15, 0.2) is 6.61 Å². The Morgan fingerprint density at radius 2 is 2.00 bits per heavy atom. The number of nitrogens with zero attached hydrogens (tertiary/aromatic N) is 2. The second kappa shape index (κ2) is 7.98. The van der Waals surface area contributed by atoms with Gasteiger partial charge in [-0.3, -0.25) is 24.3 Å². The highest BCUT2D eigenvalue weighted by molar-refractivity contribution is 5.95. The molecule has 3 rings (SSSR count). The van der Waals surface area contributed by atoms with Crippen LogP contribution in [-0.2, 0) is 27.8 Å². The maximum absolute atomic E-state index is 12.3. The van der Waals surface area contributed by atoms with E-state index in [1.54, 1.807) is 31.3 Å². The smallest absolute Gasteiger partial charge is 0.321 e. The largest absolute Gasteiger partial charge is 0.456 e. The van der Waals surface area contributed by atoms with Gasteiger partial charge in [0.2, 0.25) is 0 Å². The third-order valence-electron chi connectivity index (χ3n) is 4.16. The summed E-state index contributed by atoms with van der Waals surface area (Å²) in [6, 6.07) is 6.51. The summed E-state index contributed by atoms with van der Waals surface area (Å²) in [5, 5.41) is 5.19. The Balaban J connectivity index is 1.49. The maximum Gasteiger partial charge on any atom is 0.321 e. The third kappa shape index (κ3) is 4.90. The monoisotopic (exact) mass is 372 g/mol. The molecule has 1 heterocycles. The number of aryl methyl sites for hydroxylation is 1. The number of carbonyl (C=O) groups is 3. The second-order valence-corrected chi connectivity index (χ2v) is 6.37. The van der Waals surface area contributed by atoms with Crippen molar-refractivity contribution in [2.24, 2.45) is 7.05 Å². The summed E-state index contributed by atoms with van der Waals surface area (Å²) in [6.45, 7) is -0.541. The van der Waals surface area contributed by atoms with Crippen molar-refractivity contribution in [2.75, 3.05) is 6.61 Å². The second-order valence-electron chi connectivity index (χ2n) is 6.37. The van der Waals surface area contributed by atoms with Gasteiger partial charge in [-0.15, -0.1) is 0 Å². The van der Waals surface area contributed by atoms with Crippen molar-refractivity contribution >= 4 is 28.8 Å². The molecule has 1 aromatic carbocycles. The first-order valence-electron chi connectivity index (χ1n) is 8.64. The lowest BCUT2D eigenvalue weighted by atomic mass is 10.2. The number of hydrogen-bond donors (Lipinski definition) is 2. The summed E-state index contributed by atoms with van der Waals surface area (Å²) in [4.78, 5) is 51.5. The Labute approximate surface area is 154 Å². The first-order chi connectivity index (χ1) is 12.9. The summed E-state index contributed by atoms with van der Waals surface area (Å²) in [6.07, 6.45) is 1.96. The zero-order valence-corrected chi connectivity index (χ0v) is 14.9. The lowest BCUT2D eigenvalue weighted by molar-refractivity contribution is -0.148. The van der Waals surface area contributed by atoms with Crippen LogP contribution in [-0.4, -0.2) is 40.1 Å². The number of benzene rings is 1. The molecule has 142 valence electrons. The van der Waals surface area contributed by atoms with Crippen molar-refractivity contribution in [1.82, 2.24) is 20.2 Å². The van der Waals surface area contributed by atoms with Crippen LogP contribution in [0.15, 0.2) is 29.1 Å². The van der Waals surface area contributed by atoms with E-state index >= 15 is 0 Å². The molecule has 9 nitrogen and oxygen atoms in total. The number of amides is 3. The van der Waals surface area contributed by atoms with E-state index in [4.69, 9.17) is 4.74 Å². The van der Waals surface area contributed by atoms with Crippen LogP contribution in [0.5, 0.6) is 0 Å². The van der Waals surface area contributed by atoms with Crippen LogP contribution in [0.4, 0.5) is 4.79 Å². The van der Waals surface area contributed by atoms with Gasteiger partial charge < -0.3 is 10.1 Å². The van der Waals surface area contributed by atoms with E-state index in [0.29, 0.717) is 16.7 Å². The highest BCUT2D eigenvalue weighted by Gasteiger charge is 2.24. The van der Waals surface area contributed by atoms with Crippen LogP contribution in [0.1, 0.15) is 25.1 Å². The number of esters is 1. The van der Waals surface area contributed by atoms with Crippen LogP contribution < -0.4 is 16.2 Å². The third-order valence-corrected chi connectivity index (χ3v) is 4.16. The van der Waals surface area contributed by atoms with Gasteiger partial charge in [-0.1, -0.05) is 12.1 Å². The Kier molecular flexibility index (Phi) is 5.49. The van der Waals surface area contributed by atoms with Crippen molar-refractivity contribution < 1.29 is 19.1 Å². The number of aromatic nitrogens is 2. The van der Waals surface area contributed by atoms with E-state index < -0.39 is 24.5 Å². The van der Waals surface area contributed by atoms with E-state index in [1.807, 2.05) is 0 Å². The van der Waals surface area contributed by atoms with Gasteiger partial charge in [-0.05, 0) is 25.0 Å². The molecule has 9 heteroatoms. The first-order valence-corrected chi connectivity index (χ1v) is 8.64. The highest BCUT2D eigenvalue weighted by Crippen LogP contribution is 2.18. The molecule has 0 aliphatic heterocycles. The van der Waals surface area contributed by atoms with E-state index in [0.717, 1.165) is 12.8 Å². The van der Waals surface area contributed by atoms with Gasteiger partial charge in [0.1, 0.15) is 5.82 Å². The van der Waals surface area contributed by atoms with Gasteiger partial charge in [0.25, 0.3) is 11.5 Å². The number of rotatable bonds is 6. The molecule has 1 saturated carbocycles. The molecule has 0 radical (unpaired) electrons. The van der Waals surface area contributed by atoms with E-state index in [2.05, 4.69) is 15.6 Å². The summed E-state index contributed by atoms with van der Waals surface area (Å²) < 4.78 is 6.25. The molecule has 0 bridgehead atoms. The number of hydrogen-bond acceptors (Lipinski definition) is 6. The average molecular weight is 372 g/mol. The zero-order valence-electron chi connectivity index (χ0n) is 14.9. The molecule has 27 heavy (non-hydrogen) atoms. The first kappa shape index (κ1) is 18.6. The molecule has 1 fully saturated rings. The summed E-state index contributed by atoms with van der Waals surface area (Å²) in [7, 11) is 1.59. The van der Waals surface area contributed by atoms with Crippen LogP contribution in [0.2, 0.25) is 0 Å². The zero-order chi connectivity index (χ0) is 19.4. The van der Waals surface area contributed by atoms with Crippen LogP contribution in [0.3, 0.4) is 0 Å². The topological polar surface area (TPSA) is 119 Å². The Morgan fingerprint density at radius 1 is 1.26 bits per heavy atom. The predicted molar refractivity (Wildman–Crippen MR) is 96.0 cm³/mol. The lowest BCUT2D eigenvalue weighted by Crippen LogP contribution is -2.42. The fraction of sp³-hybridized carbons (Fsp3) is 0.389. The standard InChI is InChI=1S/C18H20N4O5/c1-22-14(20-13-5-3-2-4-12(13)17(22)25)8-9-16(24)27-10-15(23)21-18(26)19-11-6-7-11/h2-5,11H,6-10H2,1H3,(H2,19,21,23,26). The highest BCUT2D eigenvalue weighted by atomic mass is 16.5. The van der Waals surface area contributed by atoms with Crippen LogP contribution in [0, 0.1) is 0 Å². The molecular formula is C18H20N4O5. The Hall–Kier alpha value is -3.23. The number of imide groups is 1. The van der Waals surface area contributed by atoms with Gasteiger partial charge in [0.05, 0.1) is 17.3 Å². The number of fused-ring (bicyclic) bond motifs is 1. The molecule has 0 saturated heterocycles. The molecule has 1 aromatic heterocycles. The molecule has 0 atom stereocenters. The Morgan fingerprint density at radius 3 is 2.74 bits per heavy atom. The normalized spacial score (nSPS) is 13.2. The SMILES string of the molecule is Cn1c(CCC(=O)OCC(=O)NC(=O)NC2CC2)nc2ccccc2c1=O.